The van der Waals surface area contributed by atoms with Crippen molar-refractivity contribution in [1.29, 1.82) is 0 Å². The maximum atomic E-state index is 11.0. The van der Waals surface area contributed by atoms with Crippen LogP contribution >= 0.6 is 11.3 Å². The fourth-order valence-corrected chi connectivity index (χ4v) is 2.43. The summed E-state index contributed by atoms with van der Waals surface area (Å²) < 4.78 is 1.98. The third kappa shape index (κ3) is 3.18. The van der Waals surface area contributed by atoms with E-state index in [1.807, 2.05) is 29.3 Å². The molecule has 0 spiro atoms. The van der Waals surface area contributed by atoms with Crippen molar-refractivity contribution in [3.05, 3.63) is 34.5 Å². The number of carbonyl (C=O) groups is 1. The van der Waals surface area contributed by atoms with E-state index in [0.29, 0.717) is 6.54 Å². The van der Waals surface area contributed by atoms with Crippen LogP contribution in [-0.4, -0.2) is 15.5 Å². The number of aryl methyl sites for hydroxylation is 1. The second-order valence-electron chi connectivity index (χ2n) is 4.00. The Balaban J connectivity index is 1.89. The van der Waals surface area contributed by atoms with Gasteiger partial charge >= 0.3 is 0 Å². The predicted octanol–water partition coefficient (Wildman–Crippen LogP) is 1.73. The lowest BCUT2D eigenvalue weighted by Gasteiger charge is -2.06. The molecule has 5 nitrogen and oxygen atoms in total. The second-order valence-corrected chi connectivity index (χ2v) is 5.00. The number of rotatable bonds is 5. The summed E-state index contributed by atoms with van der Waals surface area (Å²) in [5, 5.41) is 8.11. The zero-order chi connectivity index (χ0) is 13.0. The van der Waals surface area contributed by atoms with Gasteiger partial charge in [-0.15, -0.1) is 11.3 Å². The number of nitrogens with zero attached hydrogens (tertiary/aromatic N) is 2. The summed E-state index contributed by atoms with van der Waals surface area (Å²) in [5.41, 5.74) is 0.889. The first-order valence-corrected chi connectivity index (χ1v) is 6.55. The van der Waals surface area contributed by atoms with Crippen LogP contribution in [0.2, 0.25) is 0 Å². The summed E-state index contributed by atoms with van der Waals surface area (Å²) in [4.78, 5) is 16.4. The summed E-state index contributed by atoms with van der Waals surface area (Å²) in [7, 11) is 1.97. The van der Waals surface area contributed by atoms with Gasteiger partial charge in [-0.3, -0.25) is 4.79 Å². The summed E-state index contributed by atoms with van der Waals surface area (Å²) in [6.45, 7) is 2.95. The van der Waals surface area contributed by atoms with Crippen molar-refractivity contribution in [2.75, 3.05) is 5.32 Å². The van der Waals surface area contributed by atoms with Gasteiger partial charge in [0.1, 0.15) is 5.82 Å². The highest BCUT2D eigenvalue weighted by atomic mass is 32.1. The van der Waals surface area contributed by atoms with E-state index in [-0.39, 0.29) is 5.91 Å². The van der Waals surface area contributed by atoms with Gasteiger partial charge in [-0.2, -0.15) is 0 Å². The largest absolute Gasteiger partial charge is 0.337 e. The molecule has 0 fully saturated rings. The number of hydrogen-bond donors (Lipinski definition) is 2. The molecule has 0 radical (unpaired) electrons. The Morgan fingerprint density at radius 1 is 1.50 bits per heavy atom. The molecule has 6 heteroatoms. The lowest BCUT2D eigenvalue weighted by molar-refractivity contribution is -0.114. The van der Waals surface area contributed by atoms with Crippen molar-refractivity contribution in [3.63, 3.8) is 0 Å². The van der Waals surface area contributed by atoms with Crippen molar-refractivity contribution in [2.45, 2.75) is 20.0 Å². The monoisotopic (exact) mass is 264 g/mol. The molecule has 2 rings (SSSR count). The maximum absolute atomic E-state index is 11.0. The van der Waals surface area contributed by atoms with E-state index in [9.17, 15) is 4.79 Å². The number of hydrogen-bond acceptors (Lipinski definition) is 4. The van der Waals surface area contributed by atoms with E-state index < -0.39 is 0 Å². The van der Waals surface area contributed by atoms with Crippen LogP contribution in [-0.2, 0) is 24.9 Å². The molecule has 1 amide bonds. The van der Waals surface area contributed by atoms with E-state index in [1.165, 1.54) is 6.92 Å². The number of carbonyl (C=O) groups excluding carboxylic acids is 1. The molecule has 0 saturated carbocycles. The third-order valence-electron chi connectivity index (χ3n) is 2.55. The second kappa shape index (κ2) is 5.79. The quantitative estimate of drug-likeness (QED) is 0.864. The van der Waals surface area contributed by atoms with Crippen LogP contribution in [0.1, 0.15) is 17.6 Å². The third-order valence-corrected chi connectivity index (χ3v) is 3.47. The van der Waals surface area contributed by atoms with Gasteiger partial charge in [0.2, 0.25) is 5.91 Å². The van der Waals surface area contributed by atoms with Crippen LogP contribution in [0, 0.1) is 0 Å². The van der Waals surface area contributed by atoms with Gasteiger partial charge in [0.15, 0.2) is 0 Å². The first-order valence-electron chi connectivity index (χ1n) is 5.67. The number of thiophene rings is 1. The van der Waals surface area contributed by atoms with E-state index in [4.69, 9.17) is 0 Å². The van der Waals surface area contributed by atoms with Crippen molar-refractivity contribution in [2.24, 2.45) is 7.05 Å². The van der Waals surface area contributed by atoms with E-state index in [0.717, 1.165) is 22.9 Å². The van der Waals surface area contributed by atoms with Crippen LogP contribution in [0.3, 0.4) is 0 Å². The lowest BCUT2D eigenvalue weighted by atomic mass is 10.3. The van der Waals surface area contributed by atoms with Gasteiger partial charge in [-0.1, -0.05) is 0 Å². The molecule has 0 aliphatic heterocycles. The van der Waals surface area contributed by atoms with Crippen LogP contribution < -0.4 is 10.6 Å². The van der Waals surface area contributed by atoms with E-state index >= 15 is 0 Å². The molecule has 0 aliphatic carbocycles. The standard InChI is InChI=1S/C12H16N4OS/c1-9(17)15-10-3-6-18-11(10)7-13-8-12-14-4-5-16(12)2/h3-6,13H,7-8H2,1-2H3,(H,15,17). The molecule has 2 N–H and O–H groups in total. The number of aromatic nitrogens is 2. The summed E-state index contributed by atoms with van der Waals surface area (Å²) >= 11 is 1.63. The number of amides is 1. The zero-order valence-corrected chi connectivity index (χ0v) is 11.3. The van der Waals surface area contributed by atoms with E-state index in [1.54, 1.807) is 17.5 Å². The van der Waals surface area contributed by atoms with Crippen molar-refractivity contribution >= 4 is 22.9 Å². The van der Waals surface area contributed by atoms with Crippen LogP contribution in [0.5, 0.6) is 0 Å². The van der Waals surface area contributed by atoms with Gasteiger partial charge in [0.25, 0.3) is 0 Å². The molecule has 0 aliphatic rings. The van der Waals surface area contributed by atoms with Gasteiger partial charge in [-0.25, -0.2) is 4.98 Å². The molecule has 0 unspecified atom stereocenters. The van der Waals surface area contributed by atoms with Crippen molar-refractivity contribution in [3.8, 4) is 0 Å². The van der Waals surface area contributed by atoms with Gasteiger partial charge in [0.05, 0.1) is 12.2 Å². The Morgan fingerprint density at radius 2 is 2.33 bits per heavy atom. The highest BCUT2D eigenvalue weighted by Gasteiger charge is 2.06. The topological polar surface area (TPSA) is 59.0 Å². The Hall–Kier alpha value is -1.66. The highest BCUT2D eigenvalue weighted by molar-refractivity contribution is 7.10. The average molecular weight is 264 g/mol. The Bertz CT molecular complexity index is 532. The van der Waals surface area contributed by atoms with Crippen molar-refractivity contribution < 1.29 is 4.79 Å². The fraction of sp³-hybridized carbons (Fsp3) is 0.333. The maximum Gasteiger partial charge on any atom is 0.221 e. The Labute approximate surface area is 110 Å². The van der Waals surface area contributed by atoms with Gasteiger partial charge in [-0.05, 0) is 11.4 Å². The normalized spacial score (nSPS) is 10.6. The lowest BCUT2D eigenvalue weighted by Crippen LogP contribution is -2.16. The van der Waals surface area contributed by atoms with Crippen LogP contribution in [0.15, 0.2) is 23.8 Å². The van der Waals surface area contributed by atoms with Gasteiger partial charge in [0, 0.05) is 37.8 Å². The fourth-order valence-electron chi connectivity index (χ4n) is 1.63. The molecule has 0 aromatic carbocycles. The molecule has 0 saturated heterocycles. The number of nitrogens with one attached hydrogen (secondary N) is 2. The average Bonchev–Trinajstić information content (AvgIpc) is 2.89. The minimum atomic E-state index is -0.0428. The summed E-state index contributed by atoms with van der Waals surface area (Å²) in [6, 6.07) is 1.92. The number of imidazole rings is 1. The summed E-state index contributed by atoms with van der Waals surface area (Å²) in [6.07, 6.45) is 3.70. The zero-order valence-electron chi connectivity index (χ0n) is 10.4. The highest BCUT2D eigenvalue weighted by Crippen LogP contribution is 2.21. The molecule has 0 bridgehead atoms. The molecule has 18 heavy (non-hydrogen) atoms. The summed E-state index contributed by atoms with van der Waals surface area (Å²) in [5.74, 6) is 0.950. The molecule has 0 atom stereocenters. The Morgan fingerprint density at radius 3 is 3.00 bits per heavy atom. The molecular weight excluding hydrogens is 248 g/mol. The van der Waals surface area contributed by atoms with Crippen LogP contribution in [0.4, 0.5) is 5.69 Å². The molecule has 2 aromatic heterocycles. The molecule has 96 valence electrons. The minimum absolute atomic E-state index is 0.0428. The Kier molecular flexibility index (Phi) is 4.11. The van der Waals surface area contributed by atoms with Gasteiger partial charge < -0.3 is 15.2 Å². The molecule has 2 aromatic rings. The predicted molar refractivity (Wildman–Crippen MR) is 72.4 cm³/mol. The minimum Gasteiger partial charge on any atom is -0.337 e. The van der Waals surface area contributed by atoms with Crippen molar-refractivity contribution in [1.82, 2.24) is 14.9 Å². The first kappa shape index (κ1) is 12.8. The number of anilines is 1. The first-order chi connectivity index (χ1) is 8.66. The van der Waals surface area contributed by atoms with Crippen LogP contribution in [0.25, 0.3) is 0 Å². The SMILES string of the molecule is CC(=O)Nc1ccsc1CNCc1nccn1C. The molecule has 2 heterocycles. The molecular formula is C12H16N4OS. The van der Waals surface area contributed by atoms with E-state index in [2.05, 4.69) is 15.6 Å². The smallest absolute Gasteiger partial charge is 0.221 e.